The number of nitrogens with zero attached hydrogens (tertiary/aromatic N) is 3. The summed E-state index contributed by atoms with van der Waals surface area (Å²) in [6.45, 7) is 3.88. The van der Waals surface area contributed by atoms with Crippen LogP contribution < -0.4 is 9.64 Å². The van der Waals surface area contributed by atoms with E-state index < -0.39 is 0 Å². The largest absolute Gasteiger partial charge is 0.497 e. The van der Waals surface area contributed by atoms with Gasteiger partial charge in [0.25, 0.3) is 5.91 Å². The number of amides is 2. The van der Waals surface area contributed by atoms with Gasteiger partial charge < -0.3 is 19.4 Å². The van der Waals surface area contributed by atoms with E-state index in [9.17, 15) is 14.4 Å². The summed E-state index contributed by atoms with van der Waals surface area (Å²) >= 11 is 0. The summed E-state index contributed by atoms with van der Waals surface area (Å²) in [5.74, 6) is 0.871. The van der Waals surface area contributed by atoms with Gasteiger partial charge in [-0.3, -0.25) is 14.4 Å². The molecule has 2 amide bonds. The number of rotatable bonds is 5. The molecule has 2 saturated heterocycles. The normalized spacial score (nSPS) is 17.2. The molecule has 0 bridgehead atoms. The van der Waals surface area contributed by atoms with Crippen LogP contribution in [0.25, 0.3) is 0 Å². The molecule has 2 aliphatic rings. The molecule has 2 aromatic carbocycles. The number of hydrogen-bond acceptors (Lipinski definition) is 5. The number of methoxy groups -OCH3 is 1. The highest BCUT2D eigenvalue weighted by Gasteiger charge is 2.31. The fraction of sp³-hybridized carbons (Fsp3) is 0.400. The molecule has 7 nitrogen and oxygen atoms in total. The Balaban J connectivity index is 1.27. The van der Waals surface area contributed by atoms with Gasteiger partial charge in [0.15, 0.2) is 0 Å². The summed E-state index contributed by atoms with van der Waals surface area (Å²) in [5.41, 5.74) is 2.37. The topological polar surface area (TPSA) is 70.2 Å². The van der Waals surface area contributed by atoms with Crippen molar-refractivity contribution in [2.45, 2.75) is 12.8 Å². The Bertz CT molecular complexity index is 959. The number of piperazine rings is 1. The van der Waals surface area contributed by atoms with Gasteiger partial charge in [-0.25, -0.2) is 0 Å². The molecule has 2 aliphatic heterocycles. The van der Waals surface area contributed by atoms with Crippen molar-refractivity contribution in [1.29, 1.82) is 0 Å². The minimum atomic E-state index is -0.0232. The smallest absolute Gasteiger partial charge is 0.254 e. The fourth-order valence-electron chi connectivity index (χ4n) is 4.48. The zero-order chi connectivity index (χ0) is 22.5. The molecule has 2 fully saturated rings. The number of carbonyl (C=O) groups is 3. The second-order valence-corrected chi connectivity index (χ2v) is 8.32. The average Bonchev–Trinajstić information content (AvgIpc) is 2.88. The minimum Gasteiger partial charge on any atom is -0.497 e. The molecule has 0 aromatic heterocycles. The lowest BCUT2D eigenvalue weighted by Gasteiger charge is -2.39. The molecule has 2 heterocycles. The molecule has 32 heavy (non-hydrogen) atoms. The summed E-state index contributed by atoms with van der Waals surface area (Å²) in [5, 5.41) is 0. The maximum absolute atomic E-state index is 13.1. The zero-order valence-electron chi connectivity index (χ0n) is 18.4. The quantitative estimate of drug-likeness (QED) is 0.676. The number of anilines is 1. The van der Waals surface area contributed by atoms with E-state index in [1.165, 1.54) is 0 Å². The lowest BCUT2D eigenvalue weighted by atomic mass is 9.94. The van der Waals surface area contributed by atoms with E-state index in [0.717, 1.165) is 37.9 Å². The van der Waals surface area contributed by atoms with Crippen LogP contribution >= 0.6 is 0 Å². The summed E-state index contributed by atoms with van der Waals surface area (Å²) in [6.07, 6.45) is 2.48. The maximum atomic E-state index is 13.1. The Hall–Kier alpha value is -3.35. The molecule has 7 heteroatoms. The van der Waals surface area contributed by atoms with E-state index in [4.69, 9.17) is 4.74 Å². The third-order valence-electron chi connectivity index (χ3n) is 6.43. The standard InChI is InChI=1S/C25H29N3O4/c1-32-23-4-2-3-21(17-23)25(31)28-15-13-27(14-16-28)24(30)20-9-11-26(12-10-20)22-7-5-19(18-29)6-8-22/h2-8,17-18,20H,9-16H2,1H3. The molecule has 0 atom stereocenters. The van der Waals surface area contributed by atoms with Crippen LogP contribution in [0.3, 0.4) is 0 Å². The summed E-state index contributed by atoms with van der Waals surface area (Å²) in [4.78, 5) is 42.7. The van der Waals surface area contributed by atoms with Crippen LogP contribution in [-0.4, -0.2) is 74.3 Å². The molecule has 0 saturated carbocycles. The van der Waals surface area contributed by atoms with Crippen LogP contribution in [0.4, 0.5) is 5.69 Å². The van der Waals surface area contributed by atoms with Gasteiger partial charge in [-0.1, -0.05) is 6.07 Å². The van der Waals surface area contributed by atoms with Crippen LogP contribution in [0.5, 0.6) is 5.75 Å². The van der Waals surface area contributed by atoms with E-state index >= 15 is 0 Å². The van der Waals surface area contributed by atoms with Crippen molar-refractivity contribution in [2.75, 3.05) is 51.3 Å². The van der Waals surface area contributed by atoms with Gasteiger partial charge in [0, 0.05) is 62.0 Å². The Morgan fingerprint density at radius 3 is 2.19 bits per heavy atom. The lowest BCUT2D eigenvalue weighted by molar-refractivity contribution is -0.137. The third-order valence-corrected chi connectivity index (χ3v) is 6.43. The molecule has 0 N–H and O–H groups in total. The van der Waals surface area contributed by atoms with Crippen molar-refractivity contribution in [3.05, 3.63) is 59.7 Å². The predicted molar refractivity (Wildman–Crippen MR) is 122 cm³/mol. The third kappa shape index (κ3) is 4.77. The van der Waals surface area contributed by atoms with E-state index in [1.807, 2.05) is 46.2 Å². The first-order valence-corrected chi connectivity index (χ1v) is 11.1. The van der Waals surface area contributed by atoms with E-state index in [0.29, 0.717) is 43.1 Å². The molecule has 4 rings (SSSR count). The lowest BCUT2D eigenvalue weighted by Crippen LogP contribution is -2.53. The van der Waals surface area contributed by atoms with Crippen LogP contribution in [0.2, 0.25) is 0 Å². The average molecular weight is 436 g/mol. The summed E-state index contributed by atoms with van der Waals surface area (Å²) < 4.78 is 5.21. The number of benzene rings is 2. The van der Waals surface area contributed by atoms with Crippen molar-refractivity contribution >= 4 is 23.8 Å². The SMILES string of the molecule is COc1cccc(C(=O)N2CCN(C(=O)C3CCN(c4ccc(C=O)cc4)CC3)CC2)c1. The number of aldehydes is 1. The second kappa shape index (κ2) is 9.85. The van der Waals surface area contributed by atoms with Crippen molar-refractivity contribution in [1.82, 2.24) is 9.80 Å². The van der Waals surface area contributed by atoms with Crippen molar-refractivity contribution in [3.8, 4) is 5.75 Å². The number of piperidine rings is 1. The molecule has 0 radical (unpaired) electrons. The van der Waals surface area contributed by atoms with Crippen molar-refractivity contribution in [2.24, 2.45) is 5.92 Å². The molecule has 0 aliphatic carbocycles. The molecular formula is C25H29N3O4. The predicted octanol–water partition coefficient (Wildman–Crippen LogP) is 2.71. The molecular weight excluding hydrogens is 406 g/mol. The second-order valence-electron chi connectivity index (χ2n) is 8.32. The van der Waals surface area contributed by atoms with Crippen LogP contribution in [0.1, 0.15) is 33.6 Å². The van der Waals surface area contributed by atoms with Gasteiger partial charge in [-0.2, -0.15) is 0 Å². The first-order valence-electron chi connectivity index (χ1n) is 11.1. The molecule has 2 aromatic rings. The minimum absolute atomic E-state index is 0.0232. The highest BCUT2D eigenvalue weighted by atomic mass is 16.5. The Morgan fingerprint density at radius 2 is 1.56 bits per heavy atom. The Morgan fingerprint density at radius 1 is 0.906 bits per heavy atom. The van der Waals surface area contributed by atoms with Crippen LogP contribution in [-0.2, 0) is 4.79 Å². The van der Waals surface area contributed by atoms with Gasteiger partial charge in [0.05, 0.1) is 7.11 Å². The van der Waals surface area contributed by atoms with Crippen LogP contribution in [0, 0.1) is 5.92 Å². The van der Waals surface area contributed by atoms with Gasteiger partial charge in [0.1, 0.15) is 12.0 Å². The van der Waals surface area contributed by atoms with Gasteiger partial charge in [-0.05, 0) is 55.3 Å². The maximum Gasteiger partial charge on any atom is 0.254 e. The number of hydrogen-bond donors (Lipinski definition) is 0. The first kappa shape index (κ1) is 21.9. The summed E-state index contributed by atoms with van der Waals surface area (Å²) in [6, 6.07) is 14.8. The Kier molecular flexibility index (Phi) is 6.73. The van der Waals surface area contributed by atoms with Gasteiger partial charge >= 0.3 is 0 Å². The first-order chi connectivity index (χ1) is 15.6. The highest BCUT2D eigenvalue weighted by molar-refractivity contribution is 5.94. The van der Waals surface area contributed by atoms with E-state index in [2.05, 4.69) is 4.90 Å². The van der Waals surface area contributed by atoms with Gasteiger partial charge in [-0.15, -0.1) is 0 Å². The summed E-state index contributed by atoms with van der Waals surface area (Å²) in [7, 11) is 1.59. The molecule has 168 valence electrons. The zero-order valence-corrected chi connectivity index (χ0v) is 18.4. The van der Waals surface area contributed by atoms with Gasteiger partial charge in [0.2, 0.25) is 5.91 Å². The highest BCUT2D eigenvalue weighted by Crippen LogP contribution is 2.25. The molecule has 0 spiro atoms. The van der Waals surface area contributed by atoms with E-state index in [1.54, 1.807) is 19.2 Å². The van der Waals surface area contributed by atoms with Crippen LogP contribution in [0.15, 0.2) is 48.5 Å². The Labute approximate surface area is 188 Å². The number of carbonyl (C=O) groups excluding carboxylic acids is 3. The monoisotopic (exact) mass is 435 g/mol. The van der Waals surface area contributed by atoms with E-state index in [-0.39, 0.29) is 17.7 Å². The van der Waals surface area contributed by atoms with Crippen molar-refractivity contribution in [3.63, 3.8) is 0 Å². The fourth-order valence-corrected chi connectivity index (χ4v) is 4.48. The molecule has 0 unspecified atom stereocenters. The van der Waals surface area contributed by atoms with Crippen molar-refractivity contribution < 1.29 is 19.1 Å². The number of ether oxygens (including phenoxy) is 1.